The van der Waals surface area contributed by atoms with Crippen molar-refractivity contribution in [2.24, 2.45) is 0 Å². The minimum absolute atomic E-state index is 0.492. The molecule has 0 aromatic carbocycles. The Morgan fingerprint density at radius 3 is 2.54 bits per heavy atom. The van der Waals surface area contributed by atoms with Crippen molar-refractivity contribution >= 4 is 37.3 Å². The molecule has 0 aliphatic heterocycles. The van der Waals surface area contributed by atoms with E-state index >= 15 is 0 Å². The van der Waals surface area contributed by atoms with Gasteiger partial charge in [0.2, 0.25) is 10.0 Å². The SMILES string of the molecule is CNS(=O)(=O)C(C)c1ccc(Br)s1. The first-order valence-corrected chi connectivity index (χ1v) is 6.80. The van der Waals surface area contributed by atoms with Gasteiger partial charge in [-0.2, -0.15) is 0 Å². The van der Waals surface area contributed by atoms with Gasteiger partial charge in [0.25, 0.3) is 0 Å². The Kier molecular flexibility index (Phi) is 3.50. The van der Waals surface area contributed by atoms with E-state index in [9.17, 15) is 8.42 Å². The van der Waals surface area contributed by atoms with Gasteiger partial charge in [-0.25, -0.2) is 13.1 Å². The molecular weight excluding hydrogens is 274 g/mol. The van der Waals surface area contributed by atoms with Crippen LogP contribution in [0.4, 0.5) is 0 Å². The average Bonchev–Trinajstić information content (AvgIpc) is 2.50. The topological polar surface area (TPSA) is 46.2 Å². The molecule has 0 spiro atoms. The van der Waals surface area contributed by atoms with Gasteiger partial charge in [0, 0.05) is 4.88 Å². The summed E-state index contributed by atoms with van der Waals surface area (Å²) in [6.07, 6.45) is 0. The summed E-state index contributed by atoms with van der Waals surface area (Å²) >= 11 is 4.73. The molecule has 0 radical (unpaired) electrons. The van der Waals surface area contributed by atoms with Crippen molar-refractivity contribution in [2.75, 3.05) is 7.05 Å². The Hall–Kier alpha value is 0.0900. The molecule has 0 aliphatic rings. The Bertz CT molecular complexity index is 385. The van der Waals surface area contributed by atoms with Crippen LogP contribution in [0, 0.1) is 0 Å². The number of hydrogen-bond acceptors (Lipinski definition) is 3. The van der Waals surface area contributed by atoms with Crippen LogP contribution in [0.25, 0.3) is 0 Å². The predicted molar refractivity (Wildman–Crippen MR) is 58.4 cm³/mol. The van der Waals surface area contributed by atoms with Crippen LogP contribution in [0.2, 0.25) is 0 Å². The van der Waals surface area contributed by atoms with Gasteiger partial charge in [0.15, 0.2) is 0 Å². The predicted octanol–water partition coefficient (Wildman–Crippen LogP) is 2.12. The normalized spacial score (nSPS) is 14.4. The van der Waals surface area contributed by atoms with Crippen LogP contribution in [0.1, 0.15) is 17.1 Å². The van der Waals surface area contributed by atoms with Crippen molar-refractivity contribution in [3.8, 4) is 0 Å². The van der Waals surface area contributed by atoms with Crippen LogP contribution in [-0.4, -0.2) is 15.5 Å². The highest BCUT2D eigenvalue weighted by Gasteiger charge is 2.21. The van der Waals surface area contributed by atoms with Crippen molar-refractivity contribution in [3.63, 3.8) is 0 Å². The molecule has 1 heterocycles. The van der Waals surface area contributed by atoms with Crippen LogP contribution in [0.5, 0.6) is 0 Å². The monoisotopic (exact) mass is 283 g/mol. The van der Waals surface area contributed by atoms with E-state index in [1.165, 1.54) is 18.4 Å². The molecule has 1 aromatic rings. The van der Waals surface area contributed by atoms with E-state index in [0.29, 0.717) is 0 Å². The quantitative estimate of drug-likeness (QED) is 0.924. The maximum absolute atomic E-state index is 11.4. The molecule has 1 aromatic heterocycles. The third-order valence-electron chi connectivity index (χ3n) is 1.74. The van der Waals surface area contributed by atoms with E-state index in [1.54, 1.807) is 6.92 Å². The highest BCUT2D eigenvalue weighted by Crippen LogP contribution is 2.30. The summed E-state index contributed by atoms with van der Waals surface area (Å²) in [4.78, 5) is 0.834. The lowest BCUT2D eigenvalue weighted by molar-refractivity contribution is 0.579. The number of thiophene rings is 1. The fourth-order valence-corrected chi connectivity index (χ4v) is 3.49. The fraction of sp³-hybridized carbons (Fsp3) is 0.429. The highest BCUT2D eigenvalue weighted by atomic mass is 79.9. The van der Waals surface area contributed by atoms with Crippen LogP contribution in [0.3, 0.4) is 0 Å². The molecule has 0 bridgehead atoms. The summed E-state index contributed by atoms with van der Waals surface area (Å²) < 4.78 is 26.0. The van der Waals surface area contributed by atoms with Crippen LogP contribution < -0.4 is 4.72 Å². The second-order valence-corrected chi connectivity index (χ2v) is 7.23. The Balaban J connectivity index is 2.98. The smallest absolute Gasteiger partial charge is 0.218 e. The van der Waals surface area contributed by atoms with Gasteiger partial charge >= 0.3 is 0 Å². The summed E-state index contributed by atoms with van der Waals surface area (Å²) in [7, 11) is -1.77. The molecule has 0 fully saturated rings. The zero-order valence-corrected chi connectivity index (χ0v) is 10.5. The third kappa shape index (κ3) is 2.52. The maximum Gasteiger partial charge on any atom is 0.218 e. The van der Waals surface area contributed by atoms with Crippen molar-refractivity contribution in [3.05, 3.63) is 20.8 Å². The maximum atomic E-state index is 11.4. The molecule has 74 valence electrons. The molecule has 1 N–H and O–H groups in total. The van der Waals surface area contributed by atoms with Gasteiger partial charge in [-0.3, -0.25) is 0 Å². The number of sulfonamides is 1. The Morgan fingerprint density at radius 2 is 2.15 bits per heavy atom. The number of nitrogens with one attached hydrogen (secondary N) is 1. The number of rotatable bonds is 3. The Labute approximate surface area is 90.3 Å². The zero-order chi connectivity index (χ0) is 10.1. The lowest BCUT2D eigenvalue weighted by Gasteiger charge is -2.08. The van der Waals surface area contributed by atoms with Gasteiger partial charge in [-0.05, 0) is 42.0 Å². The van der Waals surface area contributed by atoms with E-state index in [-0.39, 0.29) is 0 Å². The molecule has 0 amide bonds. The first kappa shape index (κ1) is 11.2. The molecule has 0 aliphatic carbocycles. The average molecular weight is 284 g/mol. The van der Waals surface area contributed by atoms with Crippen molar-refractivity contribution in [1.29, 1.82) is 0 Å². The number of halogens is 1. The highest BCUT2D eigenvalue weighted by molar-refractivity contribution is 9.11. The van der Waals surface area contributed by atoms with Gasteiger partial charge in [0.05, 0.1) is 3.79 Å². The van der Waals surface area contributed by atoms with Crippen molar-refractivity contribution < 1.29 is 8.42 Å². The van der Waals surface area contributed by atoms with Crippen LogP contribution >= 0.6 is 27.3 Å². The molecule has 6 heteroatoms. The summed E-state index contributed by atoms with van der Waals surface area (Å²) in [6.45, 7) is 1.67. The fourth-order valence-electron chi connectivity index (χ4n) is 0.876. The summed E-state index contributed by atoms with van der Waals surface area (Å²) in [5.74, 6) is 0. The minimum Gasteiger partial charge on any atom is -0.218 e. The summed E-state index contributed by atoms with van der Waals surface area (Å²) in [5.41, 5.74) is 0. The van der Waals surface area contributed by atoms with E-state index < -0.39 is 15.3 Å². The van der Waals surface area contributed by atoms with E-state index in [2.05, 4.69) is 20.7 Å². The van der Waals surface area contributed by atoms with Crippen LogP contribution in [0.15, 0.2) is 15.9 Å². The lowest BCUT2D eigenvalue weighted by Crippen LogP contribution is -2.23. The third-order valence-corrected chi connectivity index (χ3v) is 5.45. The lowest BCUT2D eigenvalue weighted by atomic mass is 10.4. The molecule has 3 nitrogen and oxygen atoms in total. The van der Waals surface area contributed by atoms with Crippen molar-refractivity contribution in [1.82, 2.24) is 4.72 Å². The zero-order valence-electron chi connectivity index (χ0n) is 7.24. The van der Waals surface area contributed by atoms with Gasteiger partial charge in [-0.1, -0.05) is 0 Å². The molecule has 1 atom stereocenters. The van der Waals surface area contributed by atoms with Gasteiger partial charge < -0.3 is 0 Å². The molecule has 0 saturated heterocycles. The first-order chi connectivity index (χ1) is 5.97. The molecule has 13 heavy (non-hydrogen) atoms. The number of hydrogen-bond donors (Lipinski definition) is 1. The Morgan fingerprint density at radius 1 is 1.54 bits per heavy atom. The molecule has 0 saturated carbocycles. The summed E-state index contributed by atoms with van der Waals surface area (Å²) in [6, 6.07) is 3.66. The summed E-state index contributed by atoms with van der Waals surface area (Å²) in [5, 5.41) is -0.492. The second-order valence-electron chi connectivity index (χ2n) is 2.53. The van der Waals surface area contributed by atoms with E-state index in [1.807, 2.05) is 12.1 Å². The largest absolute Gasteiger partial charge is 0.218 e. The first-order valence-electron chi connectivity index (χ1n) is 3.65. The van der Waals surface area contributed by atoms with Gasteiger partial charge in [0.1, 0.15) is 5.25 Å². The second kappa shape index (κ2) is 4.08. The molecule has 1 rings (SSSR count). The van der Waals surface area contributed by atoms with E-state index in [4.69, 9.17) is 0 Å². The standard InChI is InChI=1S/C7H10BrNO2S2/c1-5(13(10,11)9-2)6-3-4-7(8)12-6/h3-5,9H,1-2H3. The minimum atomic E-state index is -3.20. The molecular formula is C7H10BrNO2S2. The van der Waals surface area contributed by atoms with Crippen molar-refractivity contribution in [2.45, 2.75) is 12.2 Å². The van der Waals surface area contributed by atoms with E-state index in [0.717, 1.165) is 8.66 Å². The van der Waals surface area contributed by atoms with Gasteiger partial charge in [-0.15, -0.1) is 11.3 Å². The molecule has 1 unspecified atom stereocenters. The van der Waals surface area contributed by atoms with Crippen LogP contribution in [-0.2, 0) is 10.0 Å².